The van der Waals surface area contributed by atoms with Crippen LogP contribution in [-0.4, -0.2) is 23.1 Å². The Morgan fingerprint density at radius 2 is 1.89 bits per heavy atom. The maximum atomic E-state index is 14.1. The molecular weight excluding hydrogens is 399 g/mol. The Morgan fingerprint density at radius 1 is 1.18 bits per heavy atom. The van der Waals surface area contributed by atoms with Crippen molar-refractivity contribution < 1.29 is 18.7 Å². The first-order chi connectivity index (χ1) is 13.5. The Morgan fingerprint density at radius 3 is 2.54 bits per heavy atom. The SMILES string of the molecule is CSc1ccc(C(=O)OCc2csc(N(C(C)=O)c3ccccc3F)n2)cc1. The standard InChI is InChI=1S/C20H17FN2O3S2/c1-13(24)23(18-6-4-3-5-17(18)21)20-22-15(12-28-20)11-26-19(25)14-7-9-16(27-2)10-8-14/h3-10,12H,11H2,1-2H3. The van der Waals surface area contributed by atoms with Crippen LogP contribution in [0.5, 0.6) is 0 Å². The fourth-order valence-corrected chi connectivity index (χ4v) is 3.73. The lowest BCUT2D eigenvalue weighted by Crippen LogP contribution is -2.23. The second-order valence-corrected chi connectivity index (χ2v) is 7.45. The van der Waals surface area contributed by atoms with Crippen LogP contribution in [-0.2, 0) is 16.1 Å². The van der Waals surface area contributed by atoms with Crippen molar-refractivity contribution in [1.29, 1.82) is 0 Å². The van der Waals surface area contributed by atoms with E-state index in [-0.39, 0.29) is 18.2 Å². The van der Waals surface area contributed by atoms with Gasteiger partial charge < -0.3 is 4.74 Å². The van der Waals surface area contributed by atoms with E-state index in [2.05, 4.69) is 4.98 Å². The van der Waals surface area contributed by atoms with Crippen molar-refractivity contribution >= 4 is 45.8 Å². The molecule has 3 rings (SSSR count). The van der Waals surface area contributed by atoms with Gasteiger partial charge in [0, 0.05) is 17.2 Å². The smallest absolute Gasteiger partial charge is 0.338 e. The molecule has 0 aliphatic carbocycles. The van der Waals surface area contributed by atoms with Gasteiger partial charge in [-0.2, -0.15) is 0 Å². The summed E-state index contributed by atoms with van der Waals surface area (Å²) < 4.78 is 19.4. The summed E-state index contributed by atoms with van der Waals surface area (Å²) >= 11 is 2.76. The van der Waals surface area contributed by atoms with Crippen LogP contribution in [0.4, 0.5) is 15.2 Å². The molecular formula is C20H17FN2O3S2. The highest BCUT2D eigenvalue weighted by Crippen LogP contribution is 2.30. The molecule has 5 nitrogen and oxygen atoms in total. The number of carbonyl (C=O) groups excluding carboxylic acids is 2. The molecule has 3 aromatic rings. The van der Waals surface area contributed by atoms with Crippen molar-refractivity contribution in [2.24, 2.45) is 0 Å². The Balaban J connectivity index is 1.71. The first-order valence-electron chi connectivity index (χ1n) is 8.30. The number of halogens is 1. The number of rotatable bonds is 6. The lowest BCUT2D eigenvalue weighted by atomic mass is 10.2. The molecule has 0 unspecified atom stereocenters. The van der Waals surface area contributed by atoms with Gasteiger partial charge in [-0.25, -0.2) is 14.2 Å². The van der Waals surface area contributed by atoms with E-state index in [4.69, 9.17) is 4.74 Å². The number of nitrogens with zero attached hydrogens (tertiary/aromatic N) is 2. The number of ether oxygens (including phenoxy) is 1. The summed E-state index contributed by atoms with van der Waals surface area (Å²) in [6.45, 7) is 1.30. The minimum Gasteiger partial charge on any atom is -0.456 e. The second-order valence-electron chi connectivity index (χ2n) is 5.73. The van der Waals surface area contributed by atoms with Gasteiger partial charge >= 0.3 is 5.97 Å². The van der Waals surface area contributed by atoms with Crippen molar-refractivity contribution in [1.82, 2.24) is 4.98 Å². The Hall–Kier alpha value is -2.71. The largest absolute Gasteiger partial charge is 0.456 e. The van der Waals surface area contributed by atoms with Crippen LogP contribution < -0.4 is 4.90 Å². The van der Waals surface area contributed by atoms with Crippen LogP contribution in [0.3, 0.4) is 0 Å². The molecule has 0 bridgehead atoms. The van der Waals surface area contributed by atoms with Crippen LogP contribution in [0.2, 0.25) is 0 Å². The van der Waals surface area contributed by atoms with Crippen molar-refractivity contribution in [3.05, 3.63) is 71.0 Å². The van der Waals surface area contributed by atoms with Crippen molar-refractivity contribution in [3.8, 4) is 0 Å². The summed E-state index contributed by atoms with van der Waals surface area (Å²) in [5.74, 6) is -1.34. The zero-order chi connectivity index (χ0) is 20.1. The number of para-hydroxylation sites is 1. The van der Waals surface area contributed by atoms with Crippen LogP contribution >= 0.6 is 23.1 Å². The topological polar surface area (TPSA) is 59.5 Å². The number of amides is 1. The minimum atomic E-state index is -0.519. The quantitative estimate of drug-likeness (QED) is 0.416. The average Bonchev–Trinajstić information content (AvgIpc) is 3.16. The lowest BCUT2D eigenvalue weighted by Gasteiger charge is -2.18. The van der Waals surface area contributed by atoms with Crippen LogP contribution in [0, 0.1) is 5.82 Å². The lowest BCUT2D eigenvalue weighted by molar-refractivity contribution is -0.115. The molecule has 0 saturated heterocycles. The number of benzene rings is 2. The van der Waals surface area contributed by atoms with Crippen LogP contribution in [0.25, 0.3) is 0 Å². The third-order valence-corrected chi connectivity index (χ3v) is 5.43. The monoisotopic (exact) mass is 416 g/mol. The van der Waals surface area contributed by atoms with E-state index in [1.807, 2.05) is 18.4 Å². The number of thioether (sulfide) groups is 1. The molecule has 0 N–H and O–H groups in total. The van der Waals surface area contributed by atoms with E-state index in [0.717, 1.165) is 4.90 Å². The molecule has 0 radical (unpaired) electrons. The highest BCUT2D eigenvalue weighted by atomic mass is 32.2. The summed E-state index contributed by atoms with van der Waals surface area (Å²) in [5, 5.41) is 1.99. The number of thiazole rings is 1. The zero-order valence-corrected chi connectivity index (χ0v) is 16.8. The Kier molecular flexibility index (Phi) is 6.43. The van der Waals surface area contributed by atoms with Gasteiger partial charge in [-0.1, -0.05) is 12.1 Å². The number of aromatic nitrogens is 1. The predicted octanol–water partition coefficient (Wildman–Crippen LogP) is 5.05. The number of hydrogen-bond acceptors (Lipinski definition) is 6. The third-order valence-electron chi connectivity index (χ3n) is 3.82. The van der Waals surface area contributed by atoms with E-state index < -0.39 is 11.8 Å². The first kappa shape index (κ1) is 20.0. The fourth-order valence-electron chi connectivity index (χ4n) is 2.46. The van der Waals surface area contributed by atoms with E-state index in [1.165, 1.54) is 35.3 Å². The number of hydrogen-bond donors (Lipinski definition) is 0. The maximum absolute atomic E-state index is 14.1. The molecule has 0 saturated carbocycles. The third kappa shape index (κ3) is 4.58. The van der Waals surface area contributed by atoms with Crippen molar-refractivity contribution in [2.75, 3.05) is 11.2 Å². The number of esters is 1. The molecule has 144 valence electrons. The second kappa shape index (κ2) is 8.99. The van der Waals surface area contributed by atoms with E-state index >= 15 is 0 Å². The minimum absolute atomic E-state index is 0.0391. The average molecular weight is 416 g/mol. The predicted molar refractivity (Wildman–Crippen MR) is 109 cm³/mol. The zero-order valence-electron chi connectivity index (χ0n) is 15.2. The van der Waals surface area contributed by atoms with Crippen LogP contribution in [0.15, 0.2) is 58.8 Å². The van der Waals surface area contributed by atoms with Crippen molar-refractivity contribution in [2.45, 2.75) is 18.4 Å². The van der Waals surface area contributed by atoms with Crippen LogP contribution in [0.1, 0.15) is 23.0 Å². The molecule has 28 heavy (non-hydrogen) atoms. The van der Waals surface area contributed by atoms with E-state index in [9.17, 15) is 14.0 Å². The molecule has 2 aromatic carbocycles. The molecule has 0 atom stereocenters. The highest BCUT2D eigenvalue weighted by molar-refractivity contribution is 7.98. The summed E-state index contributed by atoms with van der Waals surface area (Å²) in [7, 11) is 0. The van der Waals surface area contributed by atoms with E-state index in [0.29, 0.717) is 16.4 Å². The maximum Gasteiger partial charge on any atom is 0.338 e. The molecule has 1 heterocycles. The molecule has 0 aliphatic heterocycles. The summed E-state index contributed by atoms with van der Waals surface area (Å²) in [6.07, 6.45) is 1.96. The molecule has 8 heteroatoms. The van der Waals surface area contributed by atoms with Gasteiger partial charge in [0.1, 0.15) is 12.4 Å². The highest BCUT2D eigenvalue weighted by Gasteiger charge is 2.21. The summed E-state index contributed by atoms with van der Waals surface area (Å²) in [5.41, 5.74) is 1.06. The van der Waals surface area contributed by atoms with Gasteiger partial charge in [0.25, 0.3) is 0 Å². The van der Waals surface area contributed by atoms with Gasteiger partial charge in [-0.3, -0.25) is 9.69 Å². The van der Waals surface area contributed by atoms with Gasteiger partial charge in [0.15, 0.2) is 5.13 Å². The van der Waals surface area contributed by atoms with Gasteiger partial charge in [0.2, 0.25) is 5.91 Å². The van der Waals surface area contributed by atoms with Gasteiger partial charge in [-0.05, 0) is 42.7 Å². The molecule has 0 aliphatic rings. The van der Waals surface area contributed by atoms with Crippen molar-refractivity contribution in [3.63, 3.8) is 0 Å². The first-order valence-corrected chi connectivity index (χ1v) is 10.4. The van der Waals surface area contributed by atoms with Gasteiger partial charge in [0.05, 0.1) is 16.9 Å². The fraction of sp³-hybridized carbons (Fsp3) is 0.150. The van der Waals surface area contributed by atoms with E-state index in [1.54, 1.807) is 41.4 Å². The normalized spacial score (nSPS) is 10.5. The Bertz CT molecular complexity index is 989. The summed E-state index contributed by atoms with van der Waals surface area (Å²) in [4.78, 5) is 30.8. The number of anilines is 2. The summed E-state index contributed by atoms with van der Waals surface area (Å²) in [6, 6.07) is 13.1. The Labute approximate surface area is 170 Å². The molecule has 0 spiro atoms. The molecule has 0 fully saturated rings. The van der Waals surface area contributed by atoms with Gasteiger partial charge in [-0.15, -0.1) is 23.1 Å². The number of carbonyl (C=O) groups is 2. The molecule has 1 amide bonds. The molecule has 1 aromatic heterocycles.